The van der Waals surface area contributed by atoms with Crippen molar-refractivity contribution >= 4 is 28.2 Å². The number of thiophene rings is 1. The van der Waals surface area contributed by atoms with Crippen LogP contribution in [-0.2, 0) is 40.4 Å². The third-order valence-corrected chi connectivity index (χ3v) is 6.87. The van der Waals surface area contributed by atoms with Crippen LogP contribution in [0.2, 0.25) is 0 Å². The maximum atomic E-state index is 12.8. The smallest absolute Gasteiger partial charge is 0.242 e. The lowest BCUT2D eigenvalue weighted by Crippen LogP contribution is -2.37. The largest absolute Gasteiger partial charge is 0.497 e. The maximum absolute atomic E-state index is 12.8. The van der Waals surface area contributed by atoms with E-state index in [4.69, 9.17) is 10.5 Å². The second-order valence-corrected chi connectivity index (χ2v) is 8.91. The summed E-state index contributed by atoms with van der Waals surface area (Å²) in [5.41, 5.74) is 8.88. The Balaban J connectivity index is 1.64. The number of carbonyl (C=O) groups is 2. The number of hydrogen-bond acceptors (Lipinski definition) is 6. The molecule has 1 aliphatic rings. The van der Waals surface area contributed by atoms with Gasteiger partial charge in [0.2, 0.25) is 11.8 Å². The maximum Gasteiger partial charge on any atom is 0.242 e. The van der Waals surface area contributed by atoms with Crippen LogP contribution >= 0.6 is 11.3 Å². The van der Waals surface area contributed by atoms with Crippen LogP contribution in [0.1, 0.15) is 34.7 Å². The zero-order valence-electron chi connectivity index (χ0n) is 19.2. The minimum absolute atomic E-state index is 0.0510. The van der Waals surface area contributed by atoms with Gasteiger partial charge >= 0.3 is 0 Å². The summed E-state index contributed by atoms with van der Waals surface area (Å²) in [6.07, 6.45) is 8.32. The monoisotopic (exact) mass is 469 g/mol. The molecule has 2 aromatic heterocycles. The lowest BCUT2D eigenvalue weighted by atomic mass is 10.0. The highest BCUT2D eigenvalue weighted by molar-refractivity contribution is 7.16. The molecular weight excluding hydrogens is 438 g/mol. The Hall–Kier alpha value is -3.17. The molecule has 0 radical (unpaired) electrons. The number of aryl methyl sites for hydroxylation is 1. The molecular formula is C24H31N5O3S. The van der Waals surface area contributed by atoms with Gasteiger partial charge in [-0.25, -0.2) is 4.98 Å². The summed E-state index contributed by atoms with van der Waals surface area (Å²) in [5.74, 6) is 1.37. The van der Waals surface area contributed by atoms with E-state index in [1.165, 1.54) is 11.3 Å². The zero-order valence-corrected chi connectivity index (χ0v) is 20.0. The first kappa shape index (κ1) is 24.5. The van der Waals surface area contributed by atoms with Crippen molar-refractivity contribution in [2.75, 3.05) is 19.0 Å². The number of ether oxygens (including phenoxy) is 1. The van der Waals surface area contributed by atoms with E-state index in [1.54, 1.807) is 25.5 Å². The third-order valence-electron chi connectivity index (χ3n) is 5.70. The Morgan fingerprint density at radius 1 is 1.39 bits per heavy atom. The lowest BCUT2D eigenvalue weighted by molar-refractivity contribution is -0.132. The van der Waals surface area contributed by atoms with Crippen LogP contribution in [0, 0.1) is 6.92 Å². The highest BCUT2D eigenvalue weighted by atomic mass is 32.1. The SMILES string of the molecule is C=C/C=C(/OC)C(=C)CCC(=O)Nc1sc2c(c1CN)CCN(C(=O)Cn1ccnc1C)C2. The molecule has 3 N–H and O–H groups in total. The minimum atomic E-state index is -0.109. The van der Waals surface area contributed by atoms with Gasteiger partial charge in [0.25, 0.3) is 0 Å². The molecule has 3 rings (SSSR count). The molecule has 176 valence electrons. The van der Waals surface area contributed by atoms with Gasteiger partial charge in [-0.1, -0.05) is 19.2 Å². The van der Waals surface area contributed by atoms with E-state index >= 15 is 0 Å². The number of methoxy groups -OCH3 is 1. The number of amides is 2. The molecule has 8 nitrogen and oxygen atoms in total. The van der Waals surface area contributed by atoms with Crippen LogP contribution in [0.25, 0.3) is 0 Å². The number of allylic oxidation sites excluding steroid dienone is 3. The molecule has 0 saturated heterocycles. The van der Waals surface area contributed by atoms with Crippen molar-refractivity contribution in [3.63, 3.8) is 0 Å². The number of imidazole rings is 1. The van der Waals surface area contributed by atoms with Gasteiger partial charge in [-0.2, -0.15) is 0 Å². The van der Waals surface area contributed by atoms with E-state index in [9.17, 15) is 9.59 Å². The van der Waals surface area contributed by atoms with Gasteiger partial charge in [0, 0.05) is 42.3 Å². The molecule has 2 amide bonds. The van der Waals surface area contributed by atoms with E-state index in [1.807, 2.05) is 22.6 Å². The fourth-order valence-corrected chi connectivity index (χ4v) is 5.14. The lowest BCUT2D eigenvalue weighted by Gasteiger charge is -2.27. The number of anilines is 1. The van der Waals surface area contributed by atoms with Crippen LogP contribution in [0.3, 0.4) is 0 Å². The number of fused-ring (bicyclic) bond motifs is 1. The Labute approximate surface area is 198 Å². The van der Waals surface area contributed by atoms with E-state index in [-0.39, 0.29) is 24.8 Å². The Kier molecular flexibility index (Phi) is 8.24. The molecule has 9 heteroatoms. The summed E-state index contributed by atoms with van der Waals surface area (Å²) in [4.78, 5) is 32.5. The standard InChI is InChI=1S/C24H31N5O3S/c1-5-6-20(32-4)16(2)7-8-22(30)27-24-19(13-25)18-9-11-29(14-21(18)33-24)23(31)15-28-12-10-26-17(28)3/h5-6,10,12H,1-2,7-9,11,13-15,25H2,3-4H3,(H,27,30)/b20-6+. The van der Waals surface area contributed by atoms with E-state index in [2.05, 4.69) is 23.5 Å². The van der Waals surface area contributed by atoms with Crippen LogP contribution in [0.15, 0.2) is 49.0 Å². The number of carbonyl (C=O) groups excluding carboxylic acids is 2. The van der Waals surface area contributed by atoms with E-state index in [0.29, 0.717) is 31.8 Å². The molecule has 0 atom stereocenters. The summed E-state index contributed by atoms with van der Waals surface area (Å²) >= 11 is 1.50. The fraction of sp³-hybridized carbons (Fsp3) is 0.375. The first-order valence-electron chi connectivity index (χ1n) is 10.8. The quantitative estimate of drug-likeness (QED) is 0.411. The van der Waals surface area contributed by atoms with Gasteiger partial charge in [-0.3, -0.25) is 9.59 Å². The number of hydrogen-bond donors (Lipinski definition) is 2. The van der Waals surface area contributed by atoms with Crippen molar-refractivity contribution in [1.29, 1.82) is 0 Å². The number of nitrogens with one attached hydrogen (secondary N) is 1. The number of nitrogens with zero attached hydrogens (tertiary/aromatic N) is 3. The molecule has 0 fully saturated rings. The average molecular weight is 470 g/mol. The van der Waals surface area contributed by atoms with E-state index < -0.39 is 0 Å². The summed E-state index contributed by atoms with van der Waals surface area (Å²) in [5, 5.41) is 3.78. The van der Waals surface area contributed by atoms with Crippen LogP contribution < -0.4 is 11.1 Å². The average Bonchev–Trinajstić information content (AvgIpc) is 3.37. The van der Waals surface area contributed by atoms with Crippen molar-refractivity contribution in [3.05, 3.63) is 70.9 Å². The van der Waals surface area contributed by atoms with Gasteiger partial charge < -0.3 is 25.3 Å². The number of rotatable bonds is 10. The van der Waals surface area contributed by atoms with Gasteiger partial charge in [0.1, 0.15) is 18.1 Å². The molecule has 0 aromatic carbocycles. The summed E-state index contributed by atoms with van der Waals surface area (Å²) < 4.78 is 7.11. The predicted molar refractivity (Wildman–Crippen MR) is 131 cm³/mol. The molecule has 0 aliphatic carbocycles. The zero-order chi connectivity index (χ0) is 24.0. The number of nitrogens with two attached hydrogens (primary N) is 1. The predicted octanol–water partition coefficient (Wildman–Crippen LogP) is 3.29. The van der Waals surface area contributed by atoms with Crippen molar-refractivity contribution in [1.82, 2.24) is 14.5 Å². The van der Waals surface area contributed by atoms with Crippen molar-refractivity contribution < 1.29 is 14.3 Å². The first-order valence-corrected chi connectivity index (χ1v) is 11.6. The van der Waals surface area contributed by atoms with Crippen LogP contribution in [0.4, 0.5) is 5.00 Å². The number of aromatic nitrogens is 2. The second-order valence-electron chi connectivity index (χ2n) is 7.81. The summed E-state index contributed by atoms with van der Waals surface area (Å²) in [6, 6.07) is 0. The molecule has 0 spiro atoms. The van der Waals surface area contributed by atoms with Crippen LogP contribution in [-0.4, -0.2) is 39.9 Å². The van der Waals surface area contributed by atoms with Gasteiger partial charge in [-0.05, 0) is 37.0 Å². The minimum Gasteiger partial charge on any atom is -0.497 e. The first-order chi connectivity index (χ1) is 15.9. The topological polar surface area (TPSA) is 102 Å². The normalized spacial score (nSPS) is 13.4. The molecule has 0 saturated carbocycles. The molecule has 33 heavy (non-hydrogen) atoms. The second kappa shape index (κ2) is 11.1. The Bertz CT molecular complexity index is 1080. The fourth-order valence-electron chi connectivity index (χ4n) is 3.83. The Morgan fingerprint density at radius 2 is 2.18 bits per heavy atom. The van der Waals surface area contributed by atoms with Crippen molar-refractivity contribution in [2.45, 2.75) is 45.8 Å². The summed E-state index contributed by atoms with van der Waals surface area (Å²) in [7, 11) is 1.56. The molecule has 0 unspecified atom stereocenters. The molecule has 0 bridgehead atoms. The van der Waals surface area contributed by atoms with Gasteiger partial charge in [0.15, 0.2) is 0 Å². The highest BCUT2D eigenvalue weighted by Gasteiger charge is 2.27. The molecule has 2 aromatic rings. The van der Waals surface area contributed by atoms with Crippen molar-refractivity contribution in [3.8, 4) is 0 Å². The summed E-state index contributed by atoms with van der Waals surface area (Å²) in [6.45, 7) is 11.3. The van der Waals surface area contributed by atoms with Gasteiger partial charge in [-0.15, -0.1) is 11.3 Å². The van der Waals surface area contributed by atoms with E-state index in [0.717, 1.165) is 38.8 Å². The Morgan fingerprint density at radius 3 is 2.82 bits per heavy atom. The van der Waals surface area contributed by atoms with Crippen LogP contribution in [0.5, 0.6) is 0 Å². The molecule has 1 aliphatic heterocycles. The third kappa shape index (κ3) is 5.80. The highest BCUT2D eigenvalue weighted by Crippen LogP contribution is 2.37. The molecule has 3 heterocycles. The van der Waals surface area contributed by atoms with Gasteiger partial charge in [0.05, 0.1) is 18.7 Å². The van der Waals surface area contributed by atoms with Crippen molar-refractivity contribution in [2.24, 2.45) is 5.73 Å².